The maximum absolute atomic E-state index is 11.3. The molecule has 0 aromatic heterocycles. The third-order valence-electron chi connectivity index (χ3n) is 1.45. The summed E-state index contributed by atoms with van der Waals surface area (Å²) < 4.78 is 4.91. The lowest BCUT2D eigenvalue weighted by Gasteiger charge is -2.25. The molecule has 4 N–H and O–H groups in total. The minimum atomic E-state index is -0.457. The normalized spacial score (nSPS) is 12.6. The zero-order valence-corrected chi connectivity index (χ0v) is 8.70. The lowest BCUT2D eigenvalue weighted by atomic mass is 10.1. The maximum Gasteiger partial charge on any atom is 0.228 e. The van der Waals surface area contributed by atoms with Crippen LogP contribution in [0.2, 0.25) is 0 Å². The molecule has 0 aromatic rings. The molecule has 0 fully saturated rings. The van der Waals surface area contributed by atoms with Crippen LogP contribution in [-0.2, 0) is 9.53 Å². The summed E-state index contributed by atoms with van der Waals surface area (Å²) in [5.74, 6) is -0.418. The van der Waals surface area contributed by atoms with Gasteiger partial charge in [0.2, 0.25) is 5.91 Å². The molecule has 0 aliphatic carbocycles. The maximum atomic E-state index is 11.3. The van der Waals surface area contributed by atoms with E-state index in [4.69, 9.17) is 15.7 Å². The molecule has 0 atom stereocenters. The lowest BCUT2D eigenvalue weighted by Crippen LogP contribution is -2.47. The molecule has 0 aromatic carbocycles. The second-order valence-corrected chi connectivity index (χ2v) is 3.63. The smallest absolute Gasteiger partial charge is 0.228 e. The van der Waals surface area contributed by atoms with Crippen LogP contribution < -0.4 is 11.1 Å². The summed E-state index contributed by atoms with van der Waals surface area (Å²) in [6, 6.07) is 0. The molecule has 6 heteroatoms. The van der Waals surface area contributed by atoms with Crippen molar-refractivity contribution in [3.05, 3.63) is 0 Å². The fourth-order valence-electron chi connectivity index (χ4n) is 1.02. The van der Waals surface area contributed by atoms with Crippen LogP contribution in [0.15, 0.2) is 5.16 Å². The standard InChI is InChI=1S/C8H17N3O3/c1-8(2,5-14-3)10-7(12)4-6(9)11-13/h13H,4-5H2,1-3H3,(H2,9,11)(H,10,12). The van der Waals surface area contributed by atoms with Gasteiger partial charge in [-0.2, -0.15) is 0 Å². The first-order valence-electron chi connectivity index (χ1n) is 4.17. The lowest BCUT2D eigenvalue weighted by molar-refractivity contribution is -0.122. The van der Waals surface area contributed by atoms with Crippen LogP contribution in [0.5, 0.6) is 0 Å². The third kappa shape index (κ3) is 5.36. The predicted molar refractivity (Wildman–Crippen MR) is 52.1 cm³/mol. The van der Waals surface area contributed by atoms with E-state index in [1.807, 2.05) is 13.8 Å². The first kappa shape index (κ1) is 12.7. The number of ether oxygens (including phenoxy) is 1. The van der Waals surface area contributed by atoms with Crippen molar-refractivity contribution in [2.45, 2.75) is 25.8 Å². The van der Waals surface area contributed by atoms with Crippen molar-refractivity contribution < 1.29 is 14.7 Å². The number of hydrogen-bond acceptors (Lipinski definition) is 4. The Kier molecular flexibility index (Phi) is 4.93. The van der Waals surface area contributed by atoms with E-state index in [0.717, 1.165) is 0 Å². The van der Waals surface area contributed by atoms with E-state index in [0.29, 0.717) is 6.61 Å². The SMILES string of the molecule is COCC(C)(C)NC(=O)CC(N)=NO. The molecule has 1 amide bonds. The molecule has 0 saturated carbocycles. The Morgan fingerprint density at radius 3 is 2.64 bits per heavy atom. The minimum Gasteiger partial charge on any atom is -0.409 e. The van der Waals surface area contributed by atoms with Gasteiger partial charge in [0.1, 0.15) is 5.84 Å². The molecule has 0 aliphatic rings. The van der Waals surface area contributed by atoms with E-state index in [1.54, 1.807) is 7.11 Å². The molecular formula is C8H17N3O3. The van der Waals surface area contributed by atoms with Gasteiger partial charge in [0.15, 0.2) is 0 Å². The summed E-state index contributed by atoms with van der Waals surface area (Å²) in [6.45, 7) is 4.04. The largest absolute Gasteiger partial charge is 0.409 e. The summed E-state index contributed by atoms with van der Waals surface area (Å²) in [7, 11) is 1.55. The highest BCUT2D eigenvalue weighted by Gasteiger charge is 2.20. The van der Waals surface area contributed by atoms with Crippen molar-refractivity contribution >= 4 is 11.7 Å². The highest BCUT2D eigenvalue weighted by molar-refractivity contribution is 5.98. The number of carbonyl (C=O) groups is 1. The molecule has 0 heterocycles. The van der Waals surface area contributed by atoms with Crippen LogP contribution in [0.3, 0.4) is 0 Å². The van der Waals surface area contributed by atoms with Crippen molar-refractivity contribution in [3.8, 4) is 0 Å². The molecule has 0 bridgehead atoms. The molecule has 0 aliphatic heterocycles. The summed E-state index contributed by atoms with van der Waals surface area (Å²) in [5, 5.41) is 13.6. The van der Waals surface area contributed by atoms with Crippen molar-refractivity contribution in [1.29, 1.82) is 0 Å². The summed E-state index contributed by atoms with van der Waals surface area (Å²) in [4.78, 5) is 11.3. The summed E-state index contributed by atoms with van der Waals surface area (Å²) in [6.07, 6.45) is -0.121. The first-order chi connectivity index (χ1) is 6.41. The van der Waals surface area contributed by atoms with Crippen LogP contribution in [-0.4, -0.2) is 36.2 Å². The second kappa shape index (κ2) is 5.43. The second-order valence-electron chi connectivity index (χ2n) is 3.63. The molecule has 14 heavy (non-hydrogen) atoms. The van der Waals surface area contributed by atoms with Crippen molar-refractivity contribution in [2.75, 3.05) is 13.7 Å². The molecule has 0 unspecified atom stereocenters. The van der Waals surface area contributed by atoms with E-state index >= 15 is 0 Å². The van der Waals surface area contributed by atoms with Crippen molar-refractivity contribution in [2.24, 2.45) is 10.9 Å². The molecule has 0 radical (unpaired) electrons. The van der Waals surface area contributed by atoms with Gasteiger partial charge >= 0.3 is 0 Å². The number of rotatable bonds is 5. The van der Waals surface area contributed by atoms with E-state index in [-0.39, 0.29) is 18.2 Å². The number of carbonyl (C=O) groups excluding carboxylic acids is 1. The number of amidine groups is 1. The Morgan fingerprint density at radius 1 is 1.64 bits per heavy atom. The number of amides is 1. The van der Waals surface area contributed by atoms with E-state index in [1.165, 1.54) is 0 Å². The Balaban J connectivity index is 4.05. The summed E-state index contributed by atoms with van der Waals surface area (Å²) in [5.41, 5.74) is 4.72. The zero-order valence-electron chi connectivity index (χ0n) is 8.70. The van der Waals surface area contributed by atoms with E-state index < -0.39 is 5.54 Å². The Labute approximate surface area is 83.1 Å². The highest BCUT2D eigenvalue weighted by Crippen LogP contribution is 2.02. The number of nitrogens with zero attached hydrogens (tertiary/aromatic N) is 1. The van der Waals surface area contributed by atoms with Crippen LogP contribution in [0.1, 0.15) is 20.3 Å². The summed E-state index contributed by atoms with van der Waals surface area (Å²) >= 11 is 0. The number of nitrogens with two attached hydrogens (primary N) is 1. The highest BCUT2D eigenvalue weighted by atomic mass is 16.5. The fourth-order valence-corrected chi connectivity index (χ4v) is 1.02. The number of hydrogen-bond donors (Lipinski definition) is 3. The fraction of sp³-hybridized carbons (Fsp3) is 0.750. The quantitative estimate of drug-likeness (QED) is 0.246. The predicted octanol–water partition coefficient (Wildman–Crippen LogP) is -0.336. The van der Waals surface area contributed by atoms with Crippen LogP contribution >= 0.6 is 0 Å². The number of methoxy groups -OCH3 is 1. The van der Waals surface area contributed by atoms with Crippen LogP contribution in [0.4, 0.5) is 0 Å². The average molecular weight is 203 g/mol. The Hall–Kier alpha value is -1.30. The van der Waals surface area contributed by atoms with Gasteiger partial charge in [-0.05, 0) is 13.8 Å². The van der Waals surface area contributed by atoms with Gasteiger partial charge in [-0.1, -0.05) is 5.16 Å². The first-order valence-corrected chi connectivity index (χ1v) is 4.17. The van der Waals surface area contributed by atoms with Gasteiger partial charge in [-0.15, -0.1) is 0 Å². The van der Waals surface area contributed by atoms with Gasteiger partial charge < -0.3 is 21.0 Å². The molecule has 0 saturated heterocycles. The molecular weight excluding hydrogens is 186 g/mol. The van der Waals surface area contributed by atoms with Gasteiger partial charge in [0.05, 0.1) is 18.6 Å². The van der Waals surface area contributed by atoms with E-state index in [9.17, 15) is 4.79 Å². The van der Waals surface area contributed by atoms with Gasteiger partial charge in [0, 0.05) is 7.11 Å². The molecule has 82 valence electrons. The zero-order chi connectivity index (χ0) is 11.2. The van der Waals surface area contributed by atoms with Gasteiger partial charge in [-0.25, -0.2) is 0 Å². The Bertz CT molecular complexity index is 226. The van der Waals surface area contributed by atoms with Crippen LogP contribution in [0.25, 0.3) is 0 Å². The van der Waals surface area contributed by atoms with Gasteiger partial charge in [-0.3, -0.25) is 4.79 Å². The molecule has 6 nitrogen and oxygen atoms in total. The van der Waals surface area contributed by atoms with Gasteiger partial charge in [0.25, 0.3) is 0 Å². The molecule has 0 spiro atoms. The van der Waals surface area contributed by atoms with Crippen molar-refractivity contribution in [1.82, 2.24) is 5.32 Å². The monoisotopic (exact) mass is 203 g/mol. The number of oxime groups is 1. The van der Waals surface area contributed by atoms with E-state index in [2.05, 4.69) is 10.5 Å². The third-order valence-corrected chi connectivity index (χ3v) is 1.45. The minimum absolute atomic E-state index is 0.115. The average Bonchev–Trinajstić information content (AvgIpc) is 2.02. The topological polar surface area (TPSA) is 96.9 Å². The van der Waals surface area contributed by atoms with Crippen molar-refractivity contribution in [3.63, 3.8) is 0 Å². The molecule has 0 rings (SSSR count). The van der Waals surface area contributed by atoms with Crippen LogP contribution in [0, 0.1) is 0 Å². The number of nitrogens with one attached hydrogen (secondary N) is 1. The Morgan fingerprint density at radius 2 is 2.21 bits per heavy atom.